The van der Waals surface area contributed by atoms with Crippen LogP contribution in [-0.4, -0.2) is 36.9 Å². The van der Waals surface area contributed by atoms with E-state index in [0.717, 1.165) is 30.8 Å². The van der Waals surface area contributed by atoms with Crippen LogP contribution in [0.5, 0.6) is 5.75 Å². The second-order valence-electron chi connectivity index (χ2n) is 4.67. The number of halogens is 1. The lowest BCUT2D eigenvalue weighted by molar-refractivity contribution is -0.129. The van der Waals surface area contributed by atoms with E-state index in [1.54, 1.807) is 7.11 Å². The molecule has 98 valence electrons. The van der Waals surface area contributed by atoms with E-state index in [1.165, 1.54) is 0 Å². The van der Waals surface area contributed by atoms with Gasteiger partial charge in [-0.05, 0) is 30.0 Å². The normalized spacial score (nSPS) is 19.0. The number of benzene rings is 1. The topological polar surface area (TPSA) is 29.5 Å². The zero-order valence-electron chi connectivity index (χ0n) is 10.6. The molecule has 0 radical (unpaired) electrons. The Morgan fingerprint density at radius 3 is 2.72 bits per heavy atom. The predicted octanol–water partition coefficient (Wildman–Crippen LogP) is 2.33. The Hall–Kier alpha value is -1.22. The maximum Gasteiger partial charge on any atom is 0.226 e. The highest BCUT2D eigenvalue weighted by Gasteiger charge is 2.25. The van der Waals surface area contributed by atoms with Crippen LogP contribution >= 0.6 is 11.6 Å². The van der Waals surface area contributed by atoms with Gasteiger partial charge in [0, 0.05) is 19.0 Å². The average Bonchev–Trinajstić information content (AvgIpc) is 2.88. The number of methoxy groups -OCH3 is 1. The molecule has 0 aromatic heterocycles. The van der Waals surface area contributed by atoms with E-state index >= 15 is 0 Å². The molecule has 3 nitrogen and oxygen atoms in total. The Balaban J connectivity index is 1.90. The van der Waals surface area contributed by atoms with Gasteiger partial charge in [0.2, 0.25) is 5.91 Å². The first-order valence-electron chi connectivity index (χ1n) is 6.19. The van der Waals surface area contributed by atoms with Crippen LogP contribution in [0.1, 0.15) is 12.0 Å². The van der Waals surface area contributed by atoms with E-state index in [9.17, 15) is 4.79 Å². The van der Waals surface area contributed by atoms with Crippen molar-refractivity contribution in [2.75, 3.05) is 26.1 Å². The molecule has 0 aliphatic carbocycles. The highest BCUT2D eigenvalue weighted by Crippen LogP contribution is 2.19. The molecule has 0 bridgehead atoms. The van der Waals surface area contributed by atoms with Crippen molar-refractivity contribution in [3.63, 3.8) is 0 Å². The highest BCUT2D eigenvalue weighted by atomic mass is 35.5. The lowest BCUT2D eigenvalue weighted by Crippen LogP contribution is -2.30. The second kappa shape index (κ2) is 6.10. The number of alkyl halides is 1. The van der Waals surface area contributed by atoms with Crippen LogP contribution < -0.4 is 4.74 Å². The lowest BCUT2D eigenvalue weighted by atomic mass is 10.1. The van der Waals surface area contributed by atoms with Crippen molar-refractivity contribution in [2.45, 2.75) is 12.8 Å². The molecule has 1 fully saturated rings. The maximum atomic E-state index is 12.1. The van der Waals surface area contributed by atoms with Gasteiger partial charge in [0.15, 0.2) is 0 Å². The highest BCUT2D eigenvalue weighted by molar-refractivity contribution is 6.18. The van der Waals surface area contributed by atoms with Gasteiger partial charge in [-0.3, -0.25) is 4.79 Å². The van der Waals surface area contributed by atoms with Crippen LogP contribution in [0.2, 0.25) is 0 Å². The first-order valence-corrected chi connectivity index (χ1v) is 6.73. The number of carbonyl (C=O) groups excluding carboxylic acids is 1. The van der Waals surface area contributed by atoms with Crippen molar-refractivity contribution in [3.8, 4) is 5.75 Å². The molecule has 2 rings (SSSR count). The molecule has 1 aromatic carbocycles. The average molecular weight is 268 g/mol. The summed E-state index contributed by atoms with van der Waals surface area (Å²) in [4.78, 5) is 14.0. The molecule has 4 heteroatoms. The Labute approximate surface area is 113 Å². The van der Waals surface area contributed by atoms with Crippen molar-refractivity contribution in [2.24, 2.45) is 5.92 Å². The minimum atomic E-state index is 0.188. The van der Waals surface area contributed by atoms with E-state index in [2.05, 4.69) is 0 Å². The number of ether oxygens (including phenoxy) is 1. The summed E-state index contributed by atoms with van der Waals surface area (Å²) in [5, 5.41) is 0. The van der Waals surface area contributed by atoms with Crippen LogP contribution in [0, 0.1) is 5.92 Å². The third kappa shape index (κ3) is 3.16. The van der Waals surface area contributed by atoms with E-state index < -0.39 is 0 Å². The Kier molecular flexibility index (Phi) is 4.48. The number of nitrogens with zero attached hydrogens (tertiary/aromatic N) is 1. The van der Waals surface area contributed by atoms with Crippen molar-refractivity contribution < 1.29 is 9.53 Å². The predicted molar refractivity (Wildman–Crippen MR) is 72.1 cm³/mol. The Morgan fingerprint density at radius 2 is 2.17 bits per heavy atom. The van der Waals surface area contributed by atoms with Gasteiger partial charge in [-0.2, -0.15) is 0 Å². The molecule has 0 saturated carbocycles. The molecule has 1 amide bonds. The van der Waals surface area contributed by atoms with Gasteiger partial charge < -0.3 is 9.64 Å². The fraction of sp³-hybridized carbons (Fsp3) is 0.500. The van der Waals surface area contributed by atoms with Crippen molar-refractivity contribution in [3.05, 3.63) is 29.8 Å². The molecule has 18 heavy (non-hydrogen) atoms. The quantitative estimate of drug-likeness (QED) is 0.784. The van der Waals surface area contributed by atoms with Crippen molar-refractivity contribution in [1.29, 1.82) is 0 Å². The van der Waals surface area contributed by atoms with E-state index in [0.29, 0.717) is 18.2 Å². The number of hydrogen-bond donors (Lipinski definition) is 0. The van der Waals surface area contributed by atoms with Crippen molar-refractivity contribution >= 4 is 17.5 Å². The molecule has 1 aliphatic rings. The molecule has 0 N–H and O–H groups in total. The van der Waals surface area contributed by atoms with Gasteiger partial charge >= 0.3 is 0 Å². The Bertz CT molecular complexity index is 405. The summed E-state index contributed by atoms with van der Waals surface area (Å²) in [5.74, 6) is 2.11. The summed E-state index contributed by atoms with van der Waals surface area (Å²) >= 11 is 5.82. The summed E-state index contributed by atoms with van der Waals surface area (Å²) in [7, 11) is 1.64. The summed E-state index contributed by atoms with van der Waals surface area (Å²) in [6.07, 6.45) is 1.48. The van der Waals surface area contributed by atoms with Gasteiger partial charge in [-0.15, -0.1) is 11.6 Å². The summed E-state index contributed by atoms with van der Waals surface area (Å²) in [5.41, 5.74) is 1.02. The molecular weight excluding hydrogens is 250 g/mol. The van der Waals surface area contributed by atoms with Gasteiger partial charge in [-0.1, -0.05) is 12.1 Å². The molecule has 1 unspecified atom stereocenters. The molecule has 0 spiro atoms. The maximum absolute atomic E-state index is 12.1. The molecule has 1 heterocycles. The minimum absolute atomic E-state index is 0.188. The second-order valence-corrected chi connectivity index (χ2v) is 4.98. The lowest BCUT2D eigenvalue weighted by Gasteiger charge is -2.16. The van der Waals surface area contributed by atoms with E-state index in [-0.39, 0.29) is 5.91 Å². The monoisotopic (exact) mass is 267 g/mol. The van der Waals surface area contributed by atoms with Crippen LogP contribution in [0.4, 0.5) is 0 Å². The SMILES string of the molecule is COc1ccc(CC(=O)N2CCC(CCl)C2)cc1. The van der Waals surface area contributed by atoms with Crippen LogP contribution in [0.25, 0.3) is 0 Å². The summed E-state index contributed by atoms with van der Waals surface area (Å²) in [6, 6.07) is 7.64. The third-order valence-corrected chi connectivity index (χ3v) is 3.81. The molecule has 1 aromatic rings. The first-order chi connectivity index (χ1) is 8.72. The number of likely N-dealkylation sites (tertiary alicyclic amines) is 1. The third-order valence-electron chi connectivity index (χ3n) is 3.37. The van der Waals surface area contributed by atoms with Crippen molar-refractivity contribution in [1.82, 2.24) is 4.90 Å². The van der Waals surface area contributed by atoms with Gasteiger partial charge in [0.1, 0.15) is 5.75 Å². The smallest absolute Gasteiger partial charge is 0.226 e. The van der Waals surface area contributed by atoms with Crippen LogP contribution in [-0.2, 0) is 11.2 Å². The fourth-order valence-electron chi connectivity index (χ4n) is 2.21. The number of carbonyl (C=O) groups is 1. The Morgan fingerprint density at radius 1 is 1.44 bits per heavy atom. The molecule has 1 saturated heterocycles. The number of rotatable bonds is 4. The zero-order valence-corrected chi connectivity index (χ0v) is 11.3. The first kappa shape index (κ1) is 13.2. The van der Waals surface area contributed by atoms with Crippen LogP contribution in [0.15, 0.2) is 24.3 Å². The standard InChI is InChI=1S/C14H18ClNO2/c1-18-13-4-2-11(3-5-13)8-14(17)16-7-6-12(9-15)10-16/h2-5,12H,6-10H2,1H3. The number of amides is 1. The molecular formula is C14H18ClNO2. The van der Waals surface area contributed by atoms with Gasteiger partial charge in [0.25, 0.3) is 0 Å². The molecule has 1 aliphatic heterocycles. The molecule has 1 atom stereocenters. The minimum Gasteiger partial charge on any atom is -0.497 e. The largest absolute Gasteiger partial charge is 0.497 e. The van der Waals surface area contributed by atoms with Crippen LogP contribution in [0.3, 0.4) is 0 Å². The zero-order chi connectivity index (χ0) is 13.0. The number of hydrogen-bond acceptors (Lipinski definition) is 2. The summed E-state index contributed by atoms with van der Waals surface area (Å²) in [6.45, 7) is 1.64. The van der Waals surface area contributed by atoms with E-state index in [1.807, 2.05) is 29.2 Å². The van der Waals surface area contributed by atoms with Gasteiger partial charge in [0.05, 0.1) is 13.5 Å². The van der Waals surface area contributed by atoms with E-state index in [4.69, 9.17) is 16.3 Å². The fourth-order valence-corrected chi connectivity index (χ4v) is 2.47. The summed E-state index contributed by atoms with van der Waals surface area (Å²) < 4.78 is 5.09. The van der Waals surface area contributed by atoms with Gasteiger partial charge in [-0.25, -0.2) is 0 Å².